The van der Waals surface area contributed by atoms with Crippen LogP contribution < -0.4 is 5.73 Å². The molecular weight excluding hydrogens is 280 g/mol. The van der Waals surface area contributed by atoms with Crippen molar-refractivity contribution in [2.45, 2.75) is 18.7 Å². The topological polar surface area (TPSA) is 63.4 Å². The van der Waals surface area contributed by atoms with E-state index in [4.69, 9.17) is 5.73 Å². The molecule has 0 aromatic heterocycles. The van der Waals surface area contributed by atoms with E-state index in [1.807, 2.05) is 38.1 Å². The van der Waals surface area contributed by atoms with Crippen LogP contribution in [0, 0.1) is 5.92 Å². The molecule has 0 aliphatic rings. The molecule has 0 saturated carbocycles. The lowest BCUT2D eigenvalue weighted by Gasteiger charge is -2.18. The maximum absolute atomic E-state index is 12.0. The number of hydrogen-bond acceptors (Lipinski definition) is 4. The predicted molar refractivity (Wildman–Crippen MR) is 82.8 cm³/mol. The van der Waals surface area contributed by atoms with Crippen molar-refractivity contribution in [3.63, 3.8) is 0 Å². The van der Waals surface area contributed by atoms with Crippen LogP contribution in [-0.2, 0) is 10.0 Å². The third kappa shape index (κ3) is 5.84. The maximum Gasteiger partial charge on any atom is 0.214 e. The first-order chi connectivity index (χ1) is 8.81. The van der Waals surface area contributed by atoms with Gasteiger partial charge in [-0.05, 0) is 30.2 Å². The molecule has 0 amide bonds. The molecule has 0 unspecified atom stereocenters. The lowest BCUT2D eigenvalue weighted by molar-refractivity contribution is 0.418. The molecule has 0 atom stereocenters. The molecule has 19 heavy (non-hydrogen) atoms. The number of nitrogens with two attached hydrogens (primary N) is 1. The monoisotopic (exact) mass is 302 g/mol. The molecule has 0 spiro atoms. The molecule has 0 saturated heterocycles. The normalized spacial score (nSPS) is 12.3. The molecule has 0 radical (unpaired) electrons. The number of benzene rings is 1. The first-order valence-corrected chi connectivity index (χ1v) is 8.83. The number of thioether (sulfide) groups is 1. The Morgan fingerprint density at radius 2 is 1.84 bits per heavy atom. The third-order valence-electron chi connectivity index (χ3n) is 2.59. The zero-order valence-electron chi connectivity index (χ0n) is 11.7. The predicted octanol–water partition coefficient (Wildman–Crippen LogP) is 2.28. The highest BCUT2D eigenvalue weighted by Crippen LogP contribution is 2.19. The summed E-state index contributed by atoms with van der Waals surface area (Å²) in [5, 5.41) is 0. The van der Waals surface area contributed by atoms with Crippen LogP contribution in [0.25, 0.3) is 0 Å². The Hall–Kier alpha value is -0.720. The van der Waals surface area contributed by atoms with Gasteiger partial charge in [0.2, 0.25) is 10.0 Å². The zero-order chi connectivity index (χ0) is 14.5. The Morgan fingerprint density at radius 3 is 2.37 bits per heavy atom. The number of anilines is 1. The molecule has 0 aliphatic carbocycles. The number of sulfonamides is 1. The van der Waals surface area contributed by atoms with Crippen molar-refractivity contribution < 1.29 is 8.42 Å². The molecule has 0 fully saturated rings. The summed E-state index contributed by atoms with van der Waals surface area (Å²) in [5.74, 6) is 1.05. The molecule has 1 rings (SSSR count). The fraction of sp³-hybridized carbons (Fsp3) is 0.538. The van der Waals surface area contributed by atoms with Gasteiger partial charge in [-0.1, -0.05) is 13.8 Å². The third-order valence-corrected chi connectivity index (χ3v) is 5.68. The average molecular weight is 302 g/mol. The number of nitrogen functional groups attached to an aromatic ring is 1. The Labute approximate surface area is 120 Å². The Morgan fingerprint density at radius 1 is 1.26 bits per heavy atom. The van der Waals surface area contributed by atoms with Crippen molar-refractivity contribution in [3.8, 4) is 0 Å². The highest BCUT2D eigenvalue weighted by molar-refractivity contribution is 8.00. The van der Waals surface area contributed by atoms with Crippen molar-refractivity contribution in [1.82, 2.24) is 4.31 Å². The van der Waals surface area contributed by atoms with Gasteiger partial charge in [-0.3, -0.25) is 0 Å². The van der Waals surface area contributed by atoms with Gasteiger partial charge < -0.3 is 5.73 Å². The van der Waals surface area contributed by atoms with E-state index in [1.165, 1.54) is 16.1 Å². The molecule has 4 nitrogen and oxygen atoms in total. The van der Waals surface area contributed by atoms with Crippen LogP contribution in [0.3, 0.4) is 0 Å². The second-order valence-corrected chi connectivity index (χ2v) is 8.27. The summed E-state index contributed by atoms with van der Waals surface area (Å²) in [6, 6.07) is 7.46. The molecular formula is C13H22N2O2S2. The van der Waals surface area contributed by atoms with Crippen molar-refractivity contribution in [2.24, 2.45) is 5.92 Å². The maximum atomic E-state index is 12.0. The fourth-order valence-electron chi connectivity index (χ4n) is 1.61. The van der Waals surface area contributed by atoms with Crippen molar-refractivity contribution in [3.05, 3.63) is 24.3 Å². The van der Waals surface area contributed by atoms with E-state index in [2.05, 4.69) is 0 Å². The molecule has 0 bridgehead atoms. The van der Waals surface area contributed by atoms with Gasteiger partial charge >= 0.3 is 0 Å². The second-order valence-electron chi connectivity index (χ2n) is 4.91. The number of rotatable bonds is 7. The van der Waals surface area contributed by atoms with E-state index in [9.17, 15) is 8.42 Å². The van der Waals surface area contributed by atoms with E-state index in [-0.39, 0.29) is 5.75 Å². The largest absolute Gasteiger partial charge is 0.399 e. The van der Waals surface area contributed by atoms with Crippen LogP contribution in [0.5, 0.6) is 0 Å². The molecule has 6 heteroatoms. The van der Waals surface area contributed by atoms with Gasteiger partial charge in [0.05, 0.1) is 5.75 Å². The van der Waals surface area contributed by atoms with Crippen LogP contribution in [0.1, 0.15) is 13.8 Å². The highest BCUT2D eigenvalue weighted by Gasteiger charge is 2.18. The van der Waals surface area contributed by atoms with E-state index in [1.54, 1.807) is 7.05 Å². The summed E-state index contributed by atoms with van der Waals surface area (Å²) < 4.78 is 25.5. The van der Waals surface area contributed by atoms with Gasteiger partial charge in [0.25, 0.3) is 0 Å². The van der Waals surface area contributed by atoms with Crippen LogP contribution in [-0.4, -0.2) is 37.8 Å². The standard InChI is InChI=1S/C13H22N2O2S2/c1-11(2)10-15(3)19(16,17)9-8-18-13-6-4-12(14)5-7-13/h4-7,11H,8-10,14H2,1-3H3. The minimum absolute atomic E-state index is 0.158. The lowest BCUT2D eigenvalue weighted by Crippen LogP contribution is -2.32. The van der Waals surface area contributed by atoms with Gasteiger partial charge in [0, 0.05) is 29.9 Å². The molecule has 1 aromatic rings. The second kappa shape index (κ2) is 7.17. The SMILES string of the molecule is CC(C)CN(C)S(=O)(=O)CCSc1ccc(N)cc1. The summed E-state index contributed by atoms with van der Waals surface area (Å²) in [6.07, 6.45) is 0. The van der Waals surface area contributed by atoms with Crippen LogP contribution in [0.15, 0.2) is 29.2 Å². The minimum Gasteiger partial charge on any atom is -0.399 e. The van der Waals surface area contributed by atoms with E-state index in [0.29, 0.717) is 23.9 Å². The smallest absolute Gasteiger partial charge is 0.214 e. The molecule has 1 aromatic carbocycles. The Bertz CT molecular complexity index is 484. The summed E-state index contributed by atoms with van der Waals surface area (Å²) >= 11 is 1.53. The molecule has 0 heterocycles. The first-order valence-electron chi connectivity index (χ1n) is 6.23. The number of nitrogens with zero attached hydrogens (tertiary/aromatic N) is 1. The van der Waals surface area contributed by atoms with Gasteiger partial charge in [-0.2, -0.15) is 0 Å². The zero-order valence-corrected chi connectivity index (χ0v) is 13.3. The van der Waals surface area contributed by atoms with Crippen LogP contribution >= 0.6 is 11.8 Å². The molecule has 0 aliphatic heterocycles. The van der Waals surface area contributed by atoms with Crippen LogP contribution in [0.2, 0.25) is 0 Å². The molecule has 2 N–H and O–H groups in total. The molecule has 108 valence electrons. The van der Waals surface area contributed by atoms with E-state index in [0.717, 1.165) is 4.90 Å². The van der Waals surface area contributed by atoms with E-state index < -0.39 is 10.0 Å². The first kappa shape index (κ1) is 16.3. The fourth-order valence-corrected chi connectivity index (χ4v) is 4.19. The average Bonchev–Trinajstić information content (AvgIpc) is 2.30. The lowest BCUT2D eigenvalue weighted by atomic mass is 10.2. The minimum atomic E-state index is -3.15. The van der Waals surface area contributed by atoms with Gasteiger partial charge in [0.15, 0.2) is 0 Å². The van der Waals surface area contributed by atoms with Crippen molar-refractivity contribution in [2.75, 3.05) is 30.8 Å². The Balaban J connectivity index is 2.45. The number of hydrogen-bond donors (Lipinski definition) is 1. The van der Waals surface area contributed by atoms with Gasteiger partial charge in [-0.25, -0.2) is 12.7 Å². The van der Waals surface area contributed by atoms with Crippen LogP contribution in [0.4, 0.5) is 5.69 Å². The quantitative estimate of drug-likeness (QED) is 0.620. The Kier molecular flexibility index (Phi) is 6.16. The van der Waals surface area contributed by atoms with E-state index >= 15 is 0 Å². The highest BCUT2D eigenvalue weighted by atomic mass is 32.2. The summed E-state index contributed by atoms with van der Waals surface area (Å²) in [7, 11) is -1.50. The summed E-state index contributed by atoms with van der Waals surface area (Å²) in [6.45, 7) is 4.58. The van der Waals surface area contributed by atoms with Crippen molar-refractivity contribution in [1.29, 1.82) is 0 Å². The summed E-state index contributed by atoms with van der Waals surface area (Å²) in [5.41, 5.74) is 6.32. The summed E-state index contributed by atoms with van der Waals surface area (Å²) in [4.78, 5) is 1.04. The van der Waals surface area contributed by atoms with Gasteiger partial charge in [-0.15, -0.1) is 11.8 Å². The van der Waals surface area contributed by atoms with Crippen molar-refractivity contribution >= 4 is 27.5 Å². The van der Waals surface area contributed by atoms with Gasteiger partial charge in [0.1, 0.15) is 0 Å².